The van der Waals surface area contributed by atoms with Crippen LogP contribution in [0.4, 0.5) is 11.4 Å². The Morgan fingerprint density at radius 3 is 2.26 bits per heavy atom. The van der Waals surface area contributed by atoms with E-state index in [-0.39, 0.29) is 11.8 Å². The normalized spacial score (nSPS) is 17.9. The number of carbonyl (C=O) groups is 2. The molecule has 2 heterocycles. The summed E-state index contributed by atoms with van der Waals surface area (Å²) in [5.41, 5.74) is 5.00. The van der Waals surface area contributed by atoms with E-state index in [1.165, 1.54) is 44.2 Å². The van der Waals surface area contributed by atoms with Crippen LogP contribution in [0, 0.1) is 0 Å². The van der Waals surface area contributed by atoms with Crippen molar-refractivity contribution in [1.29, 1.82) is 0 Å². The van der Waals surface area contributed by atoms with E-state index in [1.807, 2.05) is 23.1 Å². The molecule has 1 saturated heterocycles. The lowest BCUT2D eigenvalue weighted by molar-refractivity contribution is -0.116. The Morgan fingerprint density at radius 2 is 1.53 bits per heavy atom. The number of carbonyl (C=O) groups excluding carboxylic acids is 2. The first-order chi connectivity index (χ1) is 18.4. The zero-order valence-corrected chi connectivity index (χ0v) is 23.7. The summed E-state index contributed by atoms with van der Waals surface area (Å²) in [4.78, 5) is 32.7. The number of nitrogens with zero attached hydrogens (tertiary/aromatic N) is 3. The molecule has 0 bridgehead atoms. The Bertz CT molecular complexity index is 1080. The first-order valence-electron chi connectivity index (χ1n) is 14.7. The van der Waals surface area contributed by atoms with Gasteiger partial charge in [-0.3, -0.25) is 14.5 Å². The first-order valence-corrected chi connectivity index (χ1v) is 14.7. The molecular formula is C32H46N4O2. The number of hydrogen-bond donors (Lipinski definition) is 1. The molecule has 2 aliphatic rings. The topological polar surface area (TPSA) is 55.9 Å². The van der Waals surface area contributed by atoms with Gasteiger partial charge < -0.3 is 15.1 Å². The van der Waals surface area contributed by atoms with Crippen molar-refractivity contribution in [2.75, 3.05) is 36.0 Å². The van der Waals surface area contributed by atoms with E-state index in [1.54, 1.807) is 6.92 Å². The Morgan fingerprint density at radius 1 is 0.842 bits per heavy atom. The molecule has 6 heteroatoms. The number of nitrogens with one attached hydrogen (secondary N) is 1. The third-order valence-corrected chi connectivity index (χ3v) is 8.03. The summed E-state index contributed by atoms with van der Waals surface area (Å²) >= 11 is 0. The lowest BCUT2D eigenvalue weighted by atomic mass is 10.0. The van der Waals surface area contributed by atoms with E-state index in [2.05, 4.69) is 53.2 Å². The SMILES string of the molecule is CC(=O)N1CCCCCCCN(C(C)C)Cc2cc(C(=O)NCc3cccc(N4CCCCC4)c3)ccc21. The minimum absolute atomic E-state index is 0.0604. The van der Waals surface area contributed by atoms with Gasteiger partial charge in [0.05, 0.1) is 0 Å². The molecule has 1 fully saturated rings. The smallest absolute Gasteiger partial charge is 0.251 e. The molecule has 0 radical (unpaired) electrons. The molecule has 0 spiro atoms. The number of hydrogen-bond acceptors (Lipinski definition) is 4. The number of rotatable bonds is 5. The molecule has 206 valence electrons. The van der Waals surface area contributed by atoms with Crippen LogP contribution in [0.25, 0.3) is 0 Å². The van der Waals surface area contributed by atoms with Crippen molar-refractivity contribution in [2.24, 2.45) is 0 Å². The largest absolute Gasteiger partial charge is 0.372 e. The van der Waals surface area contributed by atoms with Gasteiger partial charge in [-0.2, -0.15) is 0 Å². The summed E-state index contributed by atoms with van der Waals surface area (Å²) in [6.07, 6.45) is 9.56. The highest BCUT2D eigenvalue weighted by Gasteiger charge is 2.21. The van der Waals surface area contributed by atoms with Crippen molar-refractivity contribution in [1.82, 2.24) is 10.2 Å². The summed E-state index contributed by atoms with van der Waals surface area (Å²) in [6.45, 7) is 11.3. The van der Waals surface area contributed by atoms with Gasteiger partial charge in [-0.15, -0.1) is 0 Å². The minimum atomic E-state index is -0.0761. The second-order valence-electron chi connectivity index (χ2n) is 11.2. The Balaban J connectivity index is 1.53. The number of fused-ring (bicyclic) bond motifs is 1. The number of benzene rings is 2. The van der Waals surface area contributed by atoms with Crippen LogP contribution in [0.2, 0.25) is 0 Å². The second kappa shape index (κ2) is 13.8. The molecule has 38 heavy (non-hydrogen) atoms. The maximum atomic E-state index is 13.3. The van der Waals surface area contributed by atoms with Gasteiger partial charge in [-0.05, 0) is 94.0 Å². The summed E-state index contributed by atoms with van der Waals surface area (Å²) in [5, 5.41) is 3.14. The fraction of sp³-hybridized carbons (Fsp3) is 0.562. The quantitative estimate of drug-likeness (QED) is 0.517. The van der Waals surface area contributed by atoms with Gasteiger partial charge in [0.2, 0.25) is 5.91 Å². The average molecular weight is 519 g/mol. The molecule has 0 saturated carbocycles. The Kier molecular flexibility index (Phi) is 10.2. The summed E-state index contributed by atoms with van der Waals surface area (Å²) in [6, 6.07) is 14.8. The molecule has 0 aromatic heterocycles. The van der Waals surface area contributed by atoms with Gasteiger partial charge in [-0.25, -0.2) is 0 Å². The van der Waals surface area contributed by atoms with E-state index >= 15 is 0 Å². The zero-order valence-electron chi connectivity index (χ0n) is 23.7. The van der Waals surface area contributed by atoms with Crippen LogP contribution in [0.15, 0.2) is 42.5 Å². The fourth-order valence-corrected chi connectivity index (χ4v) is 5.72. The van der Waals surface area contributed by atoms with Crippen LogP contribution in [0.3, 0.4) is 0 Å². The third-order valence-electron chi connectivity index (χ3n) is 8.03. The first kappa shape index (κ1) is 28.2. The van der Waals surface area contributed by atoms with Crippen LogP contribution in [-0.4, -0.2) is 48.9 Å². The van der Waals surface area contributed by atoms with E-state index in [0.29, 0.717) is 18.2 Å². The molecule has 6 nitrogen and oxygen atoms in total. The maximum absolute atomic E-state index is 13.3. The van der Waals surface area contributed by atoms with Crippen molar-refractivity contribution in [3.63, 3.8) is 0 Å². The molecule has 1 N–H and O–H groups in total. The lowest BCUT2D eigenvalue weighted by Gasteiger charge is -2.31. The Hall–Kier alpha value is -2.86. The summed E-state index contributed by atoms with van der Waals surface area (Å²) in [7, 11) is 0. The number of piperidine rings is 1. The van der Waals surface area contributed by atoms with Crippen LogP contribution in [0.1, 0.15) is 93.6 Å². The second-order valence-corrected chi connectivity index (χ2v) is 11.2. The van der Waals surface area contributed by atoms with E-state index in [0.717, 1.165) is 62.4 Å². The predicted octanol–water partition coefficient (Wildman–Crippen LogP) is 6.13. The summed E-state index contributed by atoms with van der Waals surface area (Å²) in [5.74, 6) is -0.0158. The van der Waals surface area contributed by atoms with Crippen molar-refractivity contribution >= 4 is 23.2 Å². The predicted molar refractivity (Wildman–Crippen MR) is 157 cm³/mol. The zero-order chi connectivity index (χ0) is 26.9. The minimum Gasteiger partial charge on any atom is -0.372 e. The summed E-state index contributed by atoms with van der Waals surface area (Å²) < 4.78 is 0. The maximum Gasteiger partial charge on any atom is 0.251 e. The molecule has 0 aliphatic carbocycles. The van der Waals surface area contributed by atoms with Crippen LogP contribution < -0.4 is 15.1 Å². The molecule has 0 atom stereocenters. The van der Waals surface area contributed by atoms with Gasteiger partial charge in [-0.1, -0.05) is 31.4 Å². The van der Waals surface area contributed by atoms with E-state index in [9.17, 15) is 9.59 Å². The van der Waals surface area contributed by atoms with Gasteiger partial charge in [0.15, 0.2) is 0 Å². The third kappa shape index (κ3) is 7.59. The highest BCUT2D eigenvalue weighted by atomic mass is 16.2. The Labute approximate surface area is 229 Å². The van der Waals surface area contributed by atoms with Crippen LogP contribution in [-0.2, 0) is 17.9 Å². The molecule has 4 rings (SSSR count). The van der Waals surface area contributed by atoms with Crippen LogP contribution in [0.5, 0.6) is 0 Å². The van der Waals surface area contributed by atoms with Crippen molar-refractivity contribution in [2.45, 2.75) is 91.3 Å². The molecule has 2 amide bonds. The van der Waals surface area contributed by atoms with Crippen molar-refractivity contribution in [3.8, 4) is 0 Å². The molecule has 2 aromatic carbocycles. The number of anilines is 2. The standard InChI is InChI=1S/C32H46N4O2/c1-25(2)35-19-8-5-4-6-11-20-36(26(3)37)31-16-15-28(22-29(31)24-35)32(38)33-23-27-13-12-14-30(21-27)34-17-9-7-10-18-34/h12-16,21-22,25H,4-11,17-20,23-24H2,1-3H3,(H,33,38). The number of amides is 2. The monoisotopic (exact) mass is 518 g/mol. The van der Waals surface area contributed by atoms with E-state index in [4.69, 9.17) is 0 Å². The molecule has 2 aromatic rings. The highest BCUT2D eigenvalue weighted by Crippen LogP contribution is 2.27. The van der Waals surface area contributed by atoms with Crippen molar-refractivity contribution < 1.29 is 9.59 Å². The highest BCUT2D eigenvalue weighted by molar-refractivity contribution is 5.97. The lowest BCUT2D eigenvalue weighted by Crippen LogP contribution is -2.35. The van der Waals surface area contributed by atoms with Gasteiger partial charge in [0.25, 0.3) is 5.91 Å². The average Bonchev–Trinajstić information content (AvgIpc) is 2.92. The van der Waals surface area contributed by atoms with E-state index < -0.39 is 0 Å². The molecule has 0 unspecified atom stereocenters. The van der Waals surface area contributed by atoms with Gasteiger partial charge >= 0.3 is 0 Å². The van der Waals surface area contributed by atoms with Crippen LogP contribution >= 0.6 is 0 Å². The van der Waals surface area contributed by atoms with Gasteiger partial charge in [0.1, 0.15) is 0 Å². The van der Waals surface area contributed by atoms with Crippen molar-refractivity contribution in [3.05, 3.63) is 59.2 Å². The molecular weight excluding hydrogens is 472 g/mol. The fourth-order valence-electron chi connectivity index (χ4n) is 5.72. The molecule has 2 aliphatic heterocycles. The van der Waals surface area contributed by atoms with Gasteiger partial charge in [0, 0.05) is 62.6 Å².